The number of benzene rings is 1. The fourth-order valence-electron chi connectivity index (χ4n) is 3.14. The lowest BCUT2D eigenvalue weighted by Gasteiger charge is -2.34. The van der Waals surface area contributed by atoms with Gasteiger partial charge < -0.3 is 14.8 Å². The molecule has 26 heavy (non-hydrogen) atoms. The van der Waals surface area contributed by atoms with Crippen molar-refractivity contribution in [1.29, 1.82) is 5.26 Å². The van der Waals surface area contributed by atoms with Crippen LogP contribution < -0.4 is 10.1 Å². The van der Waals surface area contributed by atoms with Gasteiger partial charge in [0, 0.05) is 12.8 Å². The Labute approximate surface area is 157 Å². The number of nitriles is 1. The minimum atomic E-state index is -0.887. The second-order valence-corrected chi connectivity index (χ2v) is 7.84. The Morgan fingerprint density at radius 1 is 1.15 bits per heavy atom. The fraction of sp³-hybridized carbons (Fsp3) is 0.619. The van der Waals surface area contributed by atoms with E-state index in [2.05, 4.69) is 39.1 Å². The molecule has 1 amide bonds. The van der Waals surface area contributed by atoms with E-state index in [4.69, 9.17) is 9.47 Å². The highest BCUT2D eigenvalue weighted by atomic mass is 16.5. The highest BCUT2D eigenvalue weighted by Crippen LogP contribution is 2.31. The maximum atomic E-state index is 13.0. The van der Waals surface area contributed by atoms with Gasteiger partial charge in [-0.1, -0.05) is 27.7 Å². The quantitative estimate of drug-likeness (QED) is 0.689. The van der Waals surface area contributed by atoms with Crippen LogP contribution in [0.3, 0.4) is 0 Å². The number of amides is 1. The van der Waals surface area contributed by atoms with Gasteiger partial charge in [-0.25, -0.2) is 0 Å². The lowest BCUT2D eigenvalue weighted by atomic mass is 9.84. The van der Waals surface area contributed by atoms with Crippen LogP contribution in [0.1, 0.15) is 59.9 Å². The van der Waals surface area contributed by atoms with Crippen molar-refractivity contribution in [2.45, 2.75) is 66.1 Å². The van der Waals surface area contributed by atoms with Gasteiger partial charge in [-0.15, -0.1) is 0 Å². The Morgan fingerprint density at radius 2 is 1.73 bits per heavy atom. The van der Waals surface area contributed by atoms with E-state index < -0.39 is 5.60 Å². The van der Waals surface area contributed by atoms with E-state index in [1.165, 1.54) is 0 Å². The standard InChI is InChI=1S/C21H32N2O3/c1-14(2)11-21(25-7,12-15(3)4)20(24)23-18-8-9-19(26-16(5)6)17(10-18)13-22/h8-10,14-16H,11-12H2,1-7H3,(H,23,24). The van der Waals surface area contributed by atoms with Crippen LogP contribution in [0, 0.1) is 23.2 Å². The van der Waals surface area contributed by atoms with Crippen LogP contribution in [-0.4, -0.2) is 24.7 Å². The summed E-state index contributed by atoms with van der Waals surface area (Å²) in [4.78, 5) is 13.0. The Morgan fingerprint density at radius 3 is 2.15 bits per heavy atom. The Bertz CT molecular complexity index is 635. The number of hydrogen-bond donors (Lipinski definition) is 1. The molecule has 0 heterocycles. The molecule has 144 valence electrons. The molecular weight excluding hydrogens is 328 g/mol. The molecule has 0 unspecified atom stereocenters. The fourth-order valence-corrected chi connectivity index (χ4v) is 3.14. The molecular formula is C21H32N2O3. The molecule has 0 spiro atoms. The lowest BCUT2D eigenvalue weighted by molar-refractivity contribution is -0.142. The highest BCUT2D eigenvalue weighted by Gasteiger charge is 2.39. The molecule has 0 bridgehead atoms. The number of nitrogens with one attached hydrogen (secondary N) is 1. The SMILES string of the molecule is COC(CC(C)C)(CC(C)C)C(=O)Nc1ccc(OC(C)C)c(C#N)c1. The number of carbonyl (C=O) groups is 1. The molecule has 0 saturated heterocycles. The van der Waals surface area contributed by atoms with Gasteiger partial charge in [0.1, 0.15) is 17.4 Å². The molecule has 0 fully saturated rings. The predicted molar refractivity (Wildman–Crippen MR) is 104 cm³/mol. The van der Waals surface area contributed by atoms with E-state index in [-0.39, 0.29) is 12.0 Å². The number of hydrogen-bond acceptors (Lipinski definition) is 4. The van der Waals surface area contributed by atoms with Gasteiger partial charge >= 0.3 is 0 Å². The largest absolute Gasteiger partial charge is 0.490 e. The Kier molecular flexibility index (Phi) is 8.10. The molecule has 1 rings (SSSR count). The smallest absolute Gasteiger partial charge is 0.256 e. The van der Waals surface area contributed by atoms with Gasteiger partial charge in [-0.3, -0.25) is 4.79 Å². The number of methoxy groups -OCH3 is 1. The van der Waals surface area contributed by atoms with Gasteiger partial charge in [0.15, 0.2) is 0 Å². The maximum absolute atomic E-state index is 13.0. The molecule has 0 aliphatic rings. The zero-order chi connectivity index (χ0) is 19.9. The normalized spacial score (nSPS) is 11.7. The summed E-state index contributed by atoms with van der Waals surface area (Å²) in [5.41, 5.74) is 0.0752. The van der Waals surface area contributed by atoms with Crippen molar-refractivity contribution in [1.82, 2.24) is 0 Å². The van der Waals surface area contributed by atoms with Crippen LogP contribution in [0.5, 0.6) is 5.75 Å². The summed E-state index contributed by atoms with van der Waals surface area (Å²) in [6, 6.07) is 7.23. The molecule has 0 aliphatic heterocycles. The van der Waals surface area contributed by atoms with Crippen LogP contribution in [-0.2, 0) is 9.53 Å². The van der Waals surface area contributed by atoms with E-state index in [1.54, 1.807) is 25.3 Å². The van der Waals surface area contributed by atoms with Crippen molar-refractivity contribution in [3.63, 3.8) is 0 Å². The van der Waals surface area contributed by atoms with Gasteiger partial charge in [-0.2, -0.15) is 5.26 Å². The lowest BCUT2D eigenvalue weighted by Crippen LogP contribution is -2.46. The van der Waals surface area contributed by atoms with E-state index >= 15 is 0 Å². The third-order valence-electron chi connectivity index (χ3n) is 4.00. The molecule has 0 atom stereocenters. The van der Waals surface area contributed by atoms with Crippen molar-refractivity contribution in [2.24, 2.45) is 11.8 Å². The van der Waals surface area contributed by atoms with Crippen molar-refractivity contribution in [3.8, 4) is 11.8 Å². The minimum Gasteiger partial charge on any atom is -0.490 e. The summed E-state index contributed by atoms with van der Waals surface area (Å²) in [7, 11) is 1.59. The summed E-state index contributed by atoms with van der Waals surface area (Å²) in [6.07, 6.45) is 1.24. The van der Waals surface area contributed by atoms with Crippen molar-refractivity contribution < 1.29 is 14.3 Å². The van der Waals surface area contributed by atoms with Crippen molar-refractivity contribution in [3.05, 3.63) is 23.8 Å². The van der Waals surface area contributed by atoms with E-state index in [9.17, 15) is 10.1 Å². The summed E-state index contributed by atoms with van der Waals surface area (Å²) < 4.78 is 11.4. The van der Waals surface area contributed by atoms with Crippen molar-refractivity contribution >= 4 is 11.6 Å². The number of carbonyl (C=O) groups excluding carboxylic acids is 1. The zero-order valence-electron chi connectivity index (χ0n) is 17.1. The first kappa shape index (κ1) is 22.0. The molecule has 0 saturated carbocycles. The molecule has 0 aliphatic carbocycles. The average Bonchev–Trinajstić information content (AvgIpc) is 2.53. The first-order valence-electron chi connectivity index (χ1n) is 9.21. The van der Waals surface area contributed by atoms with Crippen molar-refractivity contribution in [2.75, 3.05) is 12.4 Å². The Hall–Kier alpha value is -2.06. The number of rotatable bonds is 9. The van der Waals surface area contributed by atoms with Gasteiger partial charge in [0.2, 0.25) is 0 Å². The first-order valence-corrected chi connectivity index (χ1v) is 9.21. The molecule has 0 aromatic heterocycles. The Balaban J connectivity index is 3.10. The monoisotopic (exact) mass is 360 g/mol. The van der Waals surface area contributed by atoms with Crippen LogP contribution in [0.15, 0.2) is 18.2 Å². The van der Waals surface area contributed by atoms with Crippen LogP contribution >= 0.6 is 0 Å². The van der Waals surface area contributed by atoms with Gasteiger partial charge in [0.05, 0.1) is 11.7 Å². The second-order valence-electron chi connectivity index (χ2n) is 7.84. The number of ether oxygens (including phenoxy) is 2. The number of anilines is 1. The van der Waals surface area contributed by atoms with Gasteiger partial charge in [-0.05, 0) is 56.7 Å². The average molecular weight is 360 g/mol. The summed E-state index contributed by atoms with van der Waals surface area (Å²) >= 11 is 0. The summed E-state index contributed by atoms with van der Waals surface area (Å²) in [6.45, 7) is 12.1. The zero-order valence-corrected chi connectivity index (χ0v) is 17.1. The highest BCUT2D eigenvalue weighted by molar-refractivity contribution is 5.97. The summed E-state index contributed by atoms with van der Waals surface area (Å²) in [5.74, 6) is 0.971. The third kappa shape index (κ3) is 6.03. The molecule has 5 heteroatoms. The topological polar surface area (TPSA) is 71.3 Å². The molecule has 5 nitrogen and oxygen atoms in total. The first-order chi connectivity index (χ1) is 12.1. The van der Waals surface area contributed by atoms with E-state index in [1.807, 2.05) is 13.8 Å². The molecule has 1 aromatic carbocycles. The van der Waals surface area contributed by atoms with Crippen LogP contribution in [0.2, 0.25) is 0 Å². The molecule has 1 aromatic rings. The van der Waals surface area contributed by atoms with Gasteiger partial charge in [0.25, 0.3) is 5.91 Å². The van der Waals surface area contributed by atoms with E-state index in [0.29, 0.717) is 41.7 Å². The number of nitrogens with zero attached hydrogens (tertiary/aromatic N) is 1. The molecule has 0 radical (unpaired) electrons. The summed E-state index contributed by atoms with van der Waals surface area (Å²) in [5, 5.41) is 12.3. The van der Waals surface area contributed by atoms with Crippen LogP contribution in [0.25, 0.3) is 0 Å². The second kappa shape index (κ2) is 9.59. The van der Waals surface area contributed by atoms with Crippen LogP contribution in [0.4, 0.5) is 5.69 Å². The third-order valence-corrected chi connectivity index (χ3v) is 4.00. The minimum absolute atomic E-state index is 0.0271. The molecule has 1 N–H and O–H groups in total. The maximum Gasteiger partial charge on any atom is 0.256 e. The van der Waals surface area contributed by atoms with E-state index in [0.717, 1.165) is 0 Å². The predicted octanol–water partition coefficient (Wildman–Crippen LogP) is 4.76.